The highest BCUT2D eigenvalue weighted by molar-refractivity contribution is 6.05. The van der Waals surface area contributed by atoms with Crippen LogP contribution in [0.4, 0.5) is 0 Å². The van der Waals surface area contributed by atoms with E-state index in [4.69, 9.17) is 0 Å². The van der Waals surface area contributed by atoms with E-state index in [1.165, 1.54) is 0 Å². The Morgan fingerprint density at radius 2 is 1.79 bits per heavy atom. The van der Waals surface area contributed by atoms with Crippen molar-refractivity contribution in [2.75, 3.05) is 13.2 Å². The number of carbonyl (C=O) groups is 1. The van der Waals surface area contributed by atoms with Crippen LogP contribution >= 0.6 is 0 Å². The SMILES string of the molecule is O=C(NCC(CCO)c1ccccc1)c1ccnc2ccccc12. The largest absolute Gasteiger partial charge is 0.396 e. The van der Waals surface area contributed by atoms with Gasteiger partial charge >= 0.3 is 0 Å². The molecule has 0 spiro atoms. The highest BCUT2D eigenvalue weighted by Gasteiger charge is 2.15. The second kappa shape index (κ2) is 7.70. The number of pyridine rings is 1. The van der Waals surface area contributed by atoms with Gasteiger partial charge in [-0.15, -0.1) is 0 Å². The molecule has 0 fully saturated rings. The Bertz CT molecular complexity index is 813. The predicted octanol–water partition coefficient (Wildman–Crippen LogP) is 3.13. The summed E-state index contributed by atoms with van der Waals surface area (Å²) in [5, 5.41) is 13.1. The molecule has 2 aromatic carbocycles. The van der Waals surface area contributed by atoms with E-state index in [0.29, 0.717) is 18.5 Å². The van der Waals surface area contributed by atoms with Gasteiger partial charge in [0.15, 0.2) is 0 Å². The van der Waals surface area contributed by atoms with Crippen molar-refractivity contribution in [1.82, 2.24) is 10.3 Å². The summed E-state index contributed by atoms with van der Waals surface area (Å²) in [6, 6.07) is 19.3. The molecule has 1 unspecified atom stereocenters. The number of fused-ring (bicyclic) bond motifs is 1. The van der Waals surface area contributed by atoms with Gasteiger partial charge < -0.3 is 10.4 Å². The number of benzene rings is 2. The van der Waals surface area contributed by atoms with Crippen molar-refractivity contribution in [3.63, 3.8) is 0 Å². The second-order valence-corrected chi connectivity index (χ2v) is 5.71. The van der Waals surface area contributed by atoms with E-state index in [9.17, 15) is 9.90 Å². The van der Waals surface area contributed by atoms with Crippen molar-refractivity contribution in [1.29, 1.82) is 0 Å². The number of para-hydroxylation sites is 1. The number of aliphatic hydroxyl groups is 1. The molecular formula is C20H20N2O2. The number of carbonyl (C=O) groups excluding carboxylic acids is 1. The van der Waals surface area contributed by atoms with Gasteiger partial charge in [0.1, 0.15) is 0 Å². The lowest BCUT2D eigenvalue weighted by atomic mass is 9.96. The first kappa shape index (κ1) is 16.1. The monoisotopic (exact) mass is 320 g/mol. The molecular weight excluding hydrogens is 300 g/mol. The lowest BCUT2D eigenvalue weighted by Gasteiger charge is -2.17. The number of aliphatic hydroxyl groups excluding tert-OH is 1. The molecule has 3 rings (SSSR count). The Morgan fingerprint density at radius 3 is 2.58 bits per heavy atom. The summed E-state index contributed by atoms with van der Waals surface area (Å²) in [5.74, 6) is -0.0271. The minimum atomic E-state index is -0.118. The summed E-state index contributed by atoms with van der Waals surface area (Å²) < 4.78 is 0. The fourth-order valence-electron chi connectivity index (χ4n) is 2.87. The topological polar surface area (TPSA) is 62.2 Å². The Kier molecular flexibility index (Phi) is 5.18. The highest BCUT2D eigenvalue weighted by atomic mass is 16.3. The first-order valence-corrected chi connectivity index (χ1v) is 8.07. The van der Waals surface area contributed by atoms with Gasteiger partial charge in [-0.3, -0.25) is 9.78 Å². The molecule has 1 aromatic heterocycles. The summed E-state index contributed by atoms with van der Waals surface area (Å²) in [4.78, 5) is 16.9. The number of hydrogen-bond acceptors (Lipinski definition) is 3. The van der Waals surface area contributed by atoms with E-state index in [2.05, 4.69) is 10.3 Å². The van der Waals surface area contributed by atoms with Crippen molar-refractivity contribution in [2.45, 2.75) is 12.3 Å². The minimum Gasteiger partial charge on any atom is -0.396 e. The molecule has 0 saturated carbocycles. The van der Waals surface area contributed by atoms with Crippen molar-refractivity contribution in [2.24, 2.45) is 0 Å². The smallest absolute Gasteiger partial charge is 0.252 e. The van der Waals surface area contributed by atoms with Crippen LogP contribution in [0.25, 0.3) is 10.9 Å². The van der Waals surface area contributed by atoms with E-state index < -0.39 is 0 Å². The molecule has 0 aliphatic heterocycles. The number of aromatic nitrogens is 1. The zero-order valence-electron chi connectivity index (χ0n) is 13.4. The van der Waals surface area contributed by atoms with Gasteiger partial charge in [-0.2, -0.15) is 0 Å². The summed E-state index contributed by atoms with van der Waals surface area (Å²) in [5.41, 5.74) is 2.54. The first-order chi connectivity index (χ1) is 11.8. The summed E-state index contributed by atoms with van der Waals surface area (Å²) in [6.07, 6.45) is 2.26. The van der Waals surface area contributed by atoms with Gasteiger partial charge in [-0.05, 0) is 24.1 Å². The maximum Gasteiger partial charge on any atom is 0.252 e. The standard InChI is InChI=1S/C20H20N2O2/c23-13-11-16(15-6-2-1-3-7-15)14-22-20(24)18-10-12-21-19-9-5-4-8-17(18)19/h1-10,12,16,23H,11,13-14H2,(H,22,24). The van der Waals surface area contributed by atoms with Gasteiger partial charge in [-0.1, -0.05) is 48.5 Å². The fraction of sp³-hybridized carbons (Fsp3) is 0.200. The summed E-state index contributed by atoms with van der Waals surface area (Å²) in [6.45, 7) is 0.577. The zero-order valence-corrected chi connectivity index (χ0v) is 13.4. The van der Waals surface area contributed by atoms with Gasteiger partial charge in [0.25, 0.3) is 5.91 Å². The third kappa shape index (κ3) is 3.60. The molecule has 24 heavy (non-hydrogen) atoms. The van der Waals surface area contributed by atoms with Crippen molar-refractivity contribution < 1.29 is 9.90 Å². The van der Waals surface area contributed by atoms with E-state index in [0.717, 1.165) is 16.5 Å². The molecule has 122 valence electrons. The third-order valence-corrected chi connectivity index (χ3v) is 4.15. The van der Waals surface area contributed by atoms with Crippen molar-refractivity contribution >= 4 is 16.8 Å². The lowest BCUT2D eigenvalue weighted by Crippen LogP contribution is -2.29. The number of nitrogens with one attached hydrogen (secondary N) is 1. The molecule has 0 aliphatic rings. The Balaban J connectivity index is 1.76. The quantitative estimate of drug-likeness (QED) is 0.733. The van der Waals surface area contributed by atoms with Gasteiger partial charge in [0.05, 0.1) is 11.1 Å². The van der Waals surface area contributed by atoms with Gasteiger partial charge in [-0.25, -0.2) is 0 Å². The van der Waals surface area contributed by atoms with Crippen LogP contribution < -0.4 is 5.32 Å². The molecule has 0 saturated heterocycles. The highest BCUT2D eigenvalue weighted by Crippen LogP contribution is 2.19. The van der Waals surface area contributed by atoms with Crippen LogP contribution in [0.5, 0.6) is 0 Å². The lowest BCUT2D eigenvalue weighted by molar-refractivity contribution is 0.0951. The van der Waals surface area contributed by atoms with Crippen LogP contribution in [0.15, 0.2) is 66.9 Å². The van der Waals surface area contributed by atoms with E-state index in [-0.39, 0.29) is 18.4 Å². The maximum absolute atomic E-state index is 12.6. The Morgan fingerprint density at radius 1 is 1.04 bits per heavy atom. The zero-order chi connectivity index (χ0) is 16.8. The van der Waals surface area contributed by atoms with Gasteiger partial charge in [0.2, 0.25) is 0 Å². The molecule has 0 aliphatic carbocycles. The second-order valence-electron chi connectivity index (χ2n) is 5.71. The summed E-state index contributed by atoms with van der Waals surface area (Å²) >= 11 is 0. The van der Waals surface area contributed by atoms with E-state index >= 15 is 0 Å². The van der Waals surface area contributed by atoms with Crippen LogP contribution in [0.1, 0.15) is 28.3 Å². The van der Waals surface area contributed by atoms with E-state index in [1.54, 1.807) is 12.3 Å². The Hall–Kier alpha value is -2.72. The Labute approximate surface area is 141 Å². The molecule has 0 bridgehead atoms. The average Bonchev–Trinajstić information content (AvgIpc) is 2.65. The summed E-state index contributed by atoms with van der Waals surface area (Å²) in [7, 11) is 0. The van der Waals surface area contributed by atoms with Gasteiger partial charge in [0, 0.05) is 30.7 Å². The van der Waals surface area contributed by atoms with Crippen LogP contribution in [-0.2, 0) is 0 Å². The predicted molar refractivity (Wildman–Crippen MR) is 95.0 cm³/mol. The average molecular weight is 320 g/mol. The molecule has 4 nitrogen and oxygen atoms in total. The number of hydrogen-bond donors (Lipinski definition) is 2. The molecule has 4 heteroatoms. The van der Waals surface area contributed by atoms with Crippen LogP contribution in [-0.4, -0.2) is 29.1 Å². The number of amides is 1. The van der Waals surface area contributed by atoms with E-state index in [1.807, 2.05) is 54.6 Å². The third-order valence-electron chi connectivity index (χ3n) is 4.15. The van der Waals surface area contributed by atoms with Crippen LogP contribution in [0.3, 0.4) is 0 Å². The molecule has 3 aromatic rings. The maximum atomic E-state index is 12.6. The van der Waals surface area contributed by atoms with Crippen LogP contribution in [0.2, 0.25) is 0 Å². The molecule has 2 N–H and O–H groups in total. The minimum absolute atomic E-state index is 0.0909. The number of rotatable bonds is 6. The first-order valence-electron chi connectivity index (χ1n) is 8.07. The normalized spacial score (nSPS) is 12.0. The van der Waals surface area contributed by atoms with Crippen molar-refractivity contribution in [3.05, 3.63) is 78.0 Å². The molecule has 0 radical (unpaired) electrons. The molecule has 1 amide bonds. The molecule has 1 atom stereocenters. The molecule has 1 heterocycles. The van der Waals surface area contributed by atoms with Crippen molar-refractivity contribution in [3.8, 4) is 0 Å². The van der Waals surface area contributed by atoms with Crippen LogP contribution in [0, 0.1) is 0 Å². The fourth-order valence-corrected chi connectivity index (χ4v) is 2.87. The number of nitrogens with zero attached hydrogens (tertiary/aromatic N) is 1.